The van der Waals surface area contributed by atoms with Gasteiger partial charge in [-0.1, -0.05) is 0 Å². The summed E-state index contributed by atoms with van der Waals surface area (Å²) in [5.74, 6) is -0.201. The fraction of sp³-hybridized carbons (Fsp3) is 0.200. The van der Waals surface area contributed by atoms with Gasteiger partial charge in [-0.2, -0.15) is 9.98 Å². The molecular weight excluding hydrogens is 166 g/mol. The lowest BCUT2D eigenvalue weighted by Gasteiger charge is -1.89. The molecule has 0 spiro atoms. The highest BCUT2D eigenvalue weighted by Gasteiger charge is 1.94. The first-order valence-corrected chi connectivity index (χ1v) is 2.83. The van der Waals surface area contributed by atoms with Crippen LogP contribution in [-0.2, 0) is 0 Å². The summed E-state index contributed by atoms with van der Waals surface area (Å²) < 4.78 is 0. The summed E-state index contributed by atoms with van der Waals surface area (Å²) in [6.07, 6.45) is -1.92. The summed E-state index contributed by atoms with van der Waals surface area (Å²) in [6, 6.07) is 0. The van der Waals surface area contributed by atoms with E-state index >= 15 is 0 Å². The fourth-order valence-corrected chi connectivity index (χ4v) is 0.386. The molecule has 0 bridgehead atoms. The van der Waals surface area contributed by atoms with Crippen molar-refractivity contribution in [2.75, 3.05) is 0 Å². The van der Waals surface area contributed by atoms with Gasteiger partial charge in [0.25, 0.3) is 0 Å². The van der Waals surface area contributed by atoms with Crippen molar-refractivity contribution in [2.45, 2.75) is 6.42 Å². The number of nitrogens with zero attached hydrogens (tertiary/aromatic N) is 2. The number of amidine groups is 1. The van der Waals surface area contributed by atoms with Gasteiger partial charge in [0.05, 0.1) is 0 Å². The molecule has 0 unspecified atom stereocenters. The van der Waals surface area contributed by atoms with Crippen molar-refractivity contribution in [3.63, 3.8) is 0 Å². The Morgan fingerprint density at radius 2 is 1.92 bits per heavy atom. The third-order valence-corrected chi connectivity index (χ3v) is 0.741. The zero-order valence-corrected chi connectivity index (χ0v) is 5.97. The molecule has 0 aliphatic carbocycles. The lowest BCUT2D eigenvalue weighted by molar-refractivity contribution is 0.204. The standard InChI is InChI=1S/C5H7N3O4/c6-3(8-5(11)12)1-2-7-4(9)10/h2H,1H2,(H2,6,8)(H,9,10)(H,11,12). The maximum Gasteiger partial charge on any atom is 0.432 e. The normalized spacial score (nSPS) is 11.8. The molecule has 0 fully saturated rings. The number of nitrogens with two attached hydrogens (primary N) is 1. The highest BCUT2D eigenvalue weighted by molar-refractivity contribution is 5.99. The first kappa shape index (κ1) is 10.1. The van der Waals surface area contributed by atoms with Crippen LogP contribution in [0.3, 0.4) is 0 Å². The van der Waals surface area contributed by atoms with Crippen LogP contribution in [0.4, 0.5) is 9.59 Å². The molecule has 4 N–H and O–H groups in total. The van der Waals surface area contributed by atoms with Crippen molar-refractivity contribution in [3.05, 3.63) is 0 Å². The predicted molar refractivity (Wildman–Crippen MR) is 40.8 cm³/mol. The van der Waals surface area contributed by atoms with Gasteiger partial charge in [-0.15, -0.1) is 0 Å². The van der Waals surface area contributed by atoms with Crippen LogP contribution in [0.5, 0.6) is 0 Å². The third kappa shape index (κ3) is 6.20. The Labute approximate surface area is 67.2 Å². The van der Waals surface area contributed by atoms with Crippen molar-refractivity contribution in [2.24, 2.45) is 15.7 Å². The van der Waals surface area contributed by atoms with Gasteiger partial charge in [0.2, 0.25) is 0 Å². The summed E-state index contributed by atoms with van der Waals surface area (Å²) in [5, 5.41) is 16.1. The van der Waals surface area contributed by atoms with Crippen LogP contribution in [-0.4, -0.2) is 34.4 Å². The third-order valence-electron chi connectivity index (χ3n) is 0.741. The maximum absolute atomic E-state index is 9.88. The van der Waals surface area contributed by atoms with Gasteiger partial charge in [-0.3, -0.25) is 0 Å². The Kier molecular flexibility index (Phi) is 4.06. The summed E-state index contributed by atoms with van der Waals surface area (Å²) in [7, 11) is 0. The molecule has 0 aromatic rings. The Bertz CT molecular complexity index is 245. The van der Waals surface area contributed by atoms with Gasteiger partial charge in [0.1, 0.15) is 5.84 Å². The van der Waals surface area contributed by atoms with Crippen molar-refractivity contribution >= 4 is 24.2 Å². The van der Waals surface area contributed by atoms with Crippen molar-refractivity contribution in [1.82, 2.24) is 0 Å². The Hall–Kier alpha value is -1.92. The van der Waals surface area contributed by atoms with E-state index < -0.39 is 12.2 Å². The van der Waals surface area contributed by atoms with E-state index in [-0.39, 0.29) is 12.3 Å². The van der Waals surface area contributed by atoms with Crippen LogP contribution in [0, 0.1) is 0 Å². The van der Waals surface area contributed by atoms with E-state index in [9.17, 15) is 9.59 Å². The average Bonchev–Trinajstić information content (AvgIpc) is 1.84. The molecular formula is C5H7N3O4. The smallest absolute Gasteiger partial charge is 0.432 e. The van der Waals surface area contributed by atoms with Crippen LogP contribution >= 0.6 is 0 Å². The van der Waals surface area contributed by atoms with Gasteiger partial charge < -0.3 is 15.9 Å². The quantitative estimate of drug-likeness (QED) is 0.405. The second kappa shape index (κ2) is 4.83. The molecule has 0 rings (SSSR count). The largest absolute Gasteiger partial charge is 0.463 e. The molecule has 7 nitrogen and oxygen atoms in total. The van der Waals surface area contributed by atoms with Crippen LogP contribution < -0.4 is 5.73 Å². The first-order chi connectivity index (χ1) is 5.52. The molecule has 0 aromatic heterocycles. The van der Waals surface area contributed by atoms with E-state index in [0.717, 1.165) is 6.21 Å². The number of aliphatic imine (C=N–C) groups is 2. The van der Waals surface area contributed by atoms with Crippen molar-refractivity contribution in [1.29, 1.82) is 0 Å². The molecule has 66 valence electrons. The molecule has 0 radical (unpaired) electrons. The monoisotopic (exact) mass is 173 g/mol. The van der Waals surface area contributed by atoms with Crippen molar-refractivity contribution in [3.8, 4) is 0 Å². The molecule has 12 heavy (non-hydrogen) atoms. The Morgan fingerprint density at radius 3 is 2.33 bits per heavy atom. The predicted octanol–water partition coefficient (Wildman–Crippen LogP) is 0.160. The lowest BCUT2D eigenvalue weighted by atomic mass is 10.4. The Balaban J connectivity index is 3.94. The number of carboxylic acid groups (broad SMARTS) is 2. The van der Waals surface area contributed by atoms with Crippen molar-refractivity contribution < 1.29 is 19.8 Å². The molecule has 0 saturated heterocycles. The SMILES string of the molecule is NC(CC=NC(=O)O)=NC(=O)O. The number of rotatable bonds is 2. The fourth-order valence-electron chi connectivity index (χ4n) is 0.386. The number of amides is 2. The molecule has 0 aliphatic heterocycles. The zero-order chi connectivity index (χ0) is 9.56. The van der Waals surface area contributed by atoms with E-state index in [4.69, 9.17) is 15.9 Å². The van der Waals surface area contributed by atoms with Gasteiger partial charge in [-0.25, -0.2) is 9.59 Å². The maximum atomic E-state index is 9.88. The van der Waals surface area contributed by atoms with Crippen LogP contribution in [0.25, 0.3) is 0 Å². The Morgan fingerprint density at radius 1 is 1.33 bits per heavy atom. The molecule has 0 heterocycles. The summed E-state index contributed by atoms with van der Waals surface area (Å²) in [5.41, 5.74) is 5.05. The van der Waals surface area contributed by atoms with E-state index in [0.29, 0.717) is 0 Å². The van der Waals surface area contributed by atoms with E-state index in [2.05, 4.69) is 9.98 Å². The molecule has 0 aromatic carbocycles. The topological polar surface area (TPSA) is 125 Å². The second-order valence-corrected chi connectivity index (χ2v) is 1.68. The number of hydrogen-bond donors (Lipinski definition) is 3. The minimum Gasteiger partial charge on any atom is -0.463 e. The molecule has 2 amide bonds. The second-order valence-electron chi connectivity index (χ2n) is 1.68. The summed E-state index contributed by atoms with van der Waals surface area (Å²) in [6.45, 7) is 0. The first-order valence-electron chi connectivity index (χ1n) is 2.83. The average molecular weight is 173 g/mol. The van der Waals surface area contributed by atoms with Gasteiger partial charge in [0.15, 0.2) is 0 Å². The number of carbonyl (C=O) groups is 2. The molecule has 0 saturated carbocycles. The minimum absolute atomic E-state index is 0.0986. The summed E-state index contributed by atoms with van der Waals surface area (Å²) >= 11 is 0. The summed E-state index contributed by atoms with van der Waals surface area (Å²) in [4.78, 5) is 25.5. The minimum atomic E-state index is -1.42. The van der Waals surface area contributed by atoms with Gasteiger partial charge >= 0.3 is 12.2 Å². The number of hydrogen-bond acceptors (Lipinski definition) is 2. The van der Waals surface area contributed by atoms with Gasteiger partial charge in [-0.05, 0) is 0 Å². The highest BCUT2D eigenvalue weighted by atomic mass is 16.4. The van der Waals surface area contributed by atoms with Crippen LogP contribution in [0.1, 0.15) is 6.42 Å². The van der Waals surface area contributed by atoms with Gasteiger partial charge in [0, 0.05) is 12.6 Å². The lowest BCUT2D eigenvalue weighted by Crippen LogP contribution is -2.14. The van der Waals surface area contributed by atoms with E-state index in [1.165, 1.54) is 0 Å². The molecule has 0 atom stereocenters. The van der Waals surface area contributed by atoms with E-state index in [1.54, 1.807) is 0 Å². The van der Waals surface area contributed by atoms with Crippen LogP contribution in [0.15, 0.2) is 9.98 Å². The molecule has 7 heteroatoms. The zero-order valence-electron chi connectivity index (χ0n) is 5.97. The van der Waals surface area contributed by atoms with E-state index in [1.807, 2.05) is 0 Å². The van der Waals surface area contributed by atoms with Crippen LogP contribution in [0.2, 0.25) is 0 Å². The molecule has 0 aliphatic rings. The highest BCUT2D eigenvalue weighted by Crippen LogP contribution is 1.80.